The van der Waals surface area contributed by atoms with Gasteiger partial charge in [0, 0.05) is 12.5 Å². The van der Waals surface area contributed by atoms with Gasteiger partial charge in [0.1, 0.15) is 5.82 Å². The van der Waals surface area contributed by atoms with Crippen molar-refractivity contribution in [1.82, 2.24) is 9.55 Å². The summed E-state index contributed by atoms with van der Waals surface area (Å²) in [6.45, 7) is 3.41. The van der Waals surface area contributed by atoms with Crippen molar-refractivity contribution in [3.05, 3.63) is 29.6 Å². The van der Waals surface area contributed by atoms with Crippen molar-refractivity contribution < 1.29 is 23.1 Å². The van der Waals surface area contributed by atoms with E-state index in [2.05, 4.69) is 4.98 Å². The molecule has 0 spiro atoms. The number of hydrogen-bond donors (Lipinski definition) is 1. The molecule has 2 aromatic rings. The van der Waals surface area contributed by atoms with Crippen molar-refractivity contribution in [3.8, 4) is 0 Å². The molecule has 0 aliphatic carbocycles. The minimum atomic E-state index is -4.27. The van der Waals surface area contributed by atoms with E-state index in [1.807, 2.05) is 13.8 Å². The summed E-state index contributed by atoms with van der Waals surface area (Å²) in [6, 6.07) is 4.29. The zero-order valence-corrected chi connectivity index (χ0v) is 11.6. The number of halogens is 3. The smallest absolute Gasteiger partial charge is 0.390 e. The third kappa shape index (κ3) is 3.34. The highest BCUT2D eigenvalue weighted by atomic mass is 19.4. The van der Waals surface area contributed by atoms with Gasteiger partial charge in [-0.05, 0) is 18.2 Å². The van der Waals surface area contributed by atoms with E-state index in [4.69, 9.17) is 5.11 Å². The molecule has 0 unspecified atom stereocenters. The number of aryl methyl sites for hydroxylation is 1. The van der Waals surface area contributed by atoms with Crippen LogP contribution in [-0.4, -0.2) is 26.8 Å². The molecule has 0 saturated carbocycles. The molecule has 0 fully saturated rings. The number of imidazole rings is 1. The van der Waals surface area contributed by atoms with E-state index in [0.29, 0.717) is 16.9 Å². The van der Waals surface area contributed by atoms with Crippen LogP contribution in [0.5, 0.6) is 0 Å². The molecule has 1 heterocycles. The van der Waals surface area contributed by atoms with Gasteiger partial charge in [0.05, 0.1) is 23.0 Å². The van der Waals surface area contributed by atoms with Crippen molar-refractivity contribution in [2.45, 2.75) is 38.9 Å². The van der Waals surface area contributed by atoms with E-state index >= 15 is 0 Å². The van der Waals surface area contributed by atoms with Crippen molar-refractivity contribution in [2.24, 2.45) is 0 Å². The molecule has 21 heavy (non-hydrogen) atoms. The standard InChI is InChI=1S/C14H15F3N2O2/c1-8(2)12-18-10-4-3-9(13(20)21)7-11(10)19(12)6-5-14(15,16)17/h3-4,7-8H,5-6H2,1-2H3,(H,20,21). The molecule has 7 heteroatoms. The van der Waals surface area contributed by atoms with Crippen LogP contribution in [0.3, 0.4) is 0 Å². The number of alkyl halides is 3. The maximum atomic E-state index is 12.5. The Bertz CT molecular complexity index is 675. The average Bonchev–Trinajstić information content (AvgIpc) is 2.73. The van der Waals surface area contributed by atoms with Gasteiger partial charge in [-0.25, -0.2) is 9.78 Å². The van der Waals surface area contributed by atoms with Crippen LogP contribution in [0.2, 0.25) is 0 Å². The van der Waals surface area contributed by atoms with E-state index < -0.39 is 18.6 Å². The highest BCUT2D eigenvalue weighted by molar-refractivity contribution is 5.92. The number of aromatic nitrogens is 2. The van der Waals surface area contributed by atoms with Crippen molar-refractivity contribution >= 4 is 17.0 Å². The summed E-state index contributed by atoms with van der Waals surface area (Å²) in [5.41, 5.74) is 0.958. The Balaban J connectivity index is 2.53. The lowest BCUT2D eigenvalue weighted by Crippen LogP contribution is -2.14. The topological polar surface area (TPSA) is 55.1 Å². The first-order valence-corrected chi connectivity index (χ1v) is 6.49. The van der Waals surface area contributed by atoms with Gasteiger partial charge in [-0.2, -0.15) is 13.2 Å². The summed E-state index contributed by atoms with van der Waals surface area (Å²) in [5, 5.41) is 9.00. The number of carboxylic acids is 1. The number of rotatable bonds is 4. The van der Waals surface area contributed by atoms with Gasteiger partial charge in [0.2, 0.25) is 0 Å². The maximum Gasteiger partial charge on any atom is 0.390 e. The first-order valence-electron chi connectivity index (χ1n) is 6.49. The SMILES string of the molecule is CC(C)c1nc2ccc(C(=O)O)cc2n1CCC(F)(F)F. The monoisotopic (exact) mass is 300 g/mol. The number of carbonyl (C=O) groups is 1. The Morgan fingerprint density at radius 2 is 2.05 bits per heavy atom. The Morgan fingerprint density at radius 1 is 1.38 bits per heavy atom. The second-order valence-electron chi connectivity index (χ2n) is 5.15. The Hall–Kier alpha value is -2.05. The van der Waals surface area contributed by atoms with Crippen LogP contribution in [0.15, 0.2) is 18.2 Å². The lowest BCUT2D eigenvalue weighted by Gasteiger charge is -2.13. The predicted molar refractivity (Wildman–Crippen MR) is 71.5 cm³/mol. The molecule has 0 saturated heterocycles. The van der Waals surface area contributed by atoms with Crippen LogP contribution >= 0.6 is 0 Å². The summed E-state index contributed by atoms with van der Waals surface area (Å²) in [4.78, 5) is 15.3. The third-order valence-corrected chi connectivity index (χ3v) is 3.16. The lowest BCUT2D eigenvalue weighted by atomic mass is 10.2. The van der Waals surface area contributed by atoms with Crippen LogP contribution in [0, 0.1) is 0 Å². The summed E-state index contributed by atoms with van der Waals surface area (Å²) in [6.07, 6.45) is -5.25. The fraction of sp³-hybridized carbons (Fsp3) is 0.429. The molecule has 2 rings (SSSR count). The Morgan fingerprint density at radius 3 is 2.57 bits per heavy atom. The van der Waals surface area contributed by atoms with Crippen molar-refractivity contribution in [1.29, 1.82) is 0 Å². The second kappa shape index (κ2) is 5.38. The number of carboxylic acid groups (broad SMARTS) is 1. The van der Waals surface area contributed by atoms with Gasteiger partial charge in [0.25, 0.3) is 0 Å². The van der Waals surface area contributed by atoms with Crippen molar-refractivity contribution in [3.63, 3.8) is 0 Å². The van der Waals surface area contributed by atoms with Crippen molar-refractivity contribution in [2.75, 3.05) is 0 Å². The molecule has 0 bridgehead atoms. The van der Waals surface area contributed by atoms with Crippen LogP contribution in [0.25, 0.3) is 11.0 Å². The molecule has 1 aromatic carbocycles. The number of hydrogen-bond acceptors (Lipinski definition) is 2. The maximum absolute atomic E-state index is 12.5. The van der Waals surface area contributed by atoms with E-state index in [1.165, 1.54) is 22.8 Å². The quantitative estimate of drug-likeness (QED) is 0.934. The van der Waals surface area contributed by atoms with Crippen LogP contribution in [-0.2, 0) is 6.54 Å². The number of nitrogens with zero attached hydrogens (tertiary/aromatic N) is 2. The minimum absolute atomic E-state index is 0.0333. The fourth-order valence-corrected chi connectivity index (χ4v) is 2.19. The lowest BCUT2D eigenvalue weighted by molar-refractivity contribution is -0.136. The van der Waals surface area contributed by atoms with E-state index in [-0.39, 0.29) is 18.0 Å². The highest BCUT2D eigenvalue weighted by Gasteiger charge is 2.28. The predicted octanol–water partition coefficient (Wildman–Crippen LogP) is 3.81. The fourth-order valence-electron chi connectivity index (χ4n) is 2.19. The normalized spacial score (nSPS) is 12.3. The first-order chi connectivity index (χ1) is 9.69. The van der Waals surface area contributed by atoms with Gasteiger partial charge < -0.3 is 9.67 Å². The summed E-state index contributed by atoms with van der Waals surface area (Å²) in [5.74, 6) is -0.651. The molecule has 1 N–H and O–H groups in total. The minimum Gasteiger partial charge on any atom is -0.478 e. The number of fused-ring (bicyclic) bond motifs is 1. The number of benzene rings is 1. The van der Waals surface area contributed by atoms with Gasteiger partial charge in [-0.1, -0.05) is 13.8 Å². The Labute approximate surface area is 119 Å². The second-order valence-corrected chi connectivity index (χ2v) is 5.15. The van der Waals surface area contributed by atoms with Crippen LogP contribution in [0.1, 0.15) is 42.4 Å². The zero-order valence-electron chi connectivity index (χ0n) is 11.6. The largest absolute Gasteiger partial charge is 0.478 e. The molecule has 0 aliphatic rings. The summed E-state index contributed by atoms with van der Waals surface area (Å²) in [7, 11) is 0. The number of aromatic carboxylic acids is 1. The van der Waals surface area contributed by atoms with E-state index in [0.717, 1.165) is 0 Å². The van der Waals surface area contributed by atoms with Gasteiger partial charge >= 0.3 is 12.1 Å². The molecule has 0 radical (unpaired) electrons. The van der Waals surface area contributed by atoms with E-state index in [1.54, 1.807) is 0 Å². The Kier molecular flexibility index (Phi) is 3.93. The molecule has 114 valence electrons. The van der Waals surface area contributed by atoms with Crippen LogP contribution < -0.4 is 0 Å². The van der Waals surface area contributed by atoms with Gasteiger partial charge in [0.15, 0.2) is 0 Å². The summed E-state index contributed by atoms with van der Waals surface area (Å²) >= 11 is 0. The van der Waals surface area contributed by atoms with Gasteiger partial charge in [-0.3, -0.25) is 0 Å². The average molecular weight is 300 g/mol. The summed E-state index contributed by atoms with van der Waals surface area (Å²) < 4.78 is 38.8. The molecule has 4 nitrogen and oxygen atoms in total. The van der Waals surface area contributed by atoms with Crippen LogP contribution in [0.4, 0.5) is 13.2 Å². The molecule has 0 atom stereocenters. The zero-order chi connectivity index (χ0) is 15.8. The molecule has 1 aromatic heterocycles. The van der Waals surface area contributed by atoms with E-state index in [9.17, 15) is 18.0 Å². The molecular weight excluding hydrogens is 285 g/mol. The highest BCUT2D eigenvalue weighted by Crippen LogP contribution is 2.26. The third-order valence-electron chi connectivity index (χ3n) is 3.16. The molecule has 0 amide bonds. The van der Waals surface area contributed by atoms with Gasteiger partial charge in [-0.15, -0.1) is 0 Å². The molecular formula is C14H15F3N2O2. The molecule has 0 aliphatic heterocycles. The first kappa shape index (κ1) is 15.3.